The molecule has 32 heavy (non-hydrogen) atoms. The largest absolute Gasteiger partial charge is 0.376 e. The Morgan fingerprint density at radius 1 is 1.22 bits per heavy atom. The Morgan fingerprint density at radius 2 is 2.06 bits per heavy atom. The molecule has 2 amide bonds. The van der Waals surface area contributed by atoms with Crippen LogP contribution in [0.2, 0.25) is 0 Å². The molecule has 0 radical (unpaired) electrons. The first-order valence-corrected chi connectivity index (χ1v) is 11.7. The van der Waals surface area contributed by atoms with Crippen LogP contribution < -0.4 is 10.2 Å². The second kappa shape index (κ2) is 10.5. The number of nitrogens with zero attached hydrogens (tertiary/aromatic N) is 2. The molecule has 1 fully saturated rings. The number of thiophene rings is 1. The zero-order valence-corrected chi connectivity index (χ0v) is 18.9. The SMILES string of the molecule is Cc1ccc([C@@H](C(=O)NC[C@@H]2CCCO2)N(C(=O)Cc2cccs2)c2cccnc2)cc1. The zero-order chi connectivity index (χ0) is 22.3. The number of aromatic nitrogens is 1. The number of ether oxygens (including phenoxy) is 1. The Morgan fingerprint density at radius 3 is 2.72 bits per heavy atom. The number of rotatable bonds is 8. The van der Waals surface area contributed by atoms with Crippen molar-refractivity contribution in [2.24, 2.45) is 0 Å². The van der Waals surface area contributed by atoms with E-state index in [-0.39, 0.29) is 24.3 Å². The summed E-state index contributed by atoms with van der Waals surface area (Å²) in [5.74, 6) is -0.383. The lowest BCUT2D eigenvalue weighted by molar-refractivity contribution is -0.126. The van der Waals surface area contributed by atoms with E-state index in [2.05, 4.69) is 10.3 Å². The third kappa shape index (κ3) is 5.41. The van der Waals surface area contributed by atoms with Gasteiger partial charge in [-0.15, -0.1) is 11.3 Å². The van der Waals surface area contributed by atoms with Gasteiger partial charge in [0, 0.05) is 24.2 Å². The van der Waals surface area contributed by atoms with E-state index in [0.29, 0.717) is 12.2 Å². The van der Waals surface area contributed by atoms with Crippen molar-refractivity contribution in [3.63, 3.8) is 0 Å². The predicted molar refractivity (Wildman–Crippen MR) is 126 cm³/mol. The monoisotopic (exact) mass is 449 g/mol. The van der Waals surface area contributed by atoms with Gasteiger partial charge in [0.05, 0.1) is 24.4 Å². The summed E-state index contributed by atoms with van der Waals surface area (Å²) in [4.78, 5) is 33.8. The summed E-state index contributed by atoms with van der Waals surface area (Å²) in [7, 11) is 0. The first kappa shape index (κ1) is 22.2. The number of aryl methyl sites for hydroxylation is 1. The van der Waals surface area contributed by atoms with E-state index in [1.807, 2.05) is 54.8 Å². The van der Waals surface area contributed by atoms with Crippen LogP contribution in [0, 0.1) is 6.92 Å². The van der Waals surface area contributed by atoms with Gasteiger partial charge in [0.25, 0.3) is 0 Å². The van der Waals surface area contributed by atoms with Gasteiger partial charge in [-0.25, -0.2) is 0 Å². The Balaban J connectivity index is 1.68. The van der Waals surface area contributed by atoms with Crippen LogP contribution in [0.4, 0.5) is 5.69 Å². The van der Waals surface area contributed by atoms with Crippen LogP contribution in [0.5, 0.6) is 0 Å². The van der Waals surface area contributed by atoms with Crippen LogP contribution in [0.3, 0.4) is 0 Å². The molecule has 0 aliphatic carbocycles. The highest BCUT2D eigenvalue weighted by atomic mass is 32.1. The minimum Gasteiger partial charge on any atom is -0.376 e. The lowest BCUT2D eigenvalue weighted by Gasteiger charge is -2.31. The van der Waals surface area contributed by atoms with Gasteiger partial charge in [0.2, 0.25) is 11.8 Å². The fourth-order valence-electron chi connectivity index (χ4n) is 3.86. The van der Waals surface area contributed by atoms with E-state index in [4.69, 9.17) is 4.74 Å². The Labute approximate surface area is 192 Å². The van der Waals surface area contributed by atoms with E-state index in [9.17, 15) is 9.59 Å². The molecule has 1 aromatic carbocycles. The molecule has 1 aliphatic rings. The number of anilines is 1. The summed E-state index contributed by atoms with van der Waals surface area (Å²) in [6.45, 7) is 3.15. The van der Waals surface area contributed by atoms with E-state index in [0.717, 1.165) is 35.5 Å². The molecule has 0 saturated carbocycles. The lowest BCUT2D eigenvalue weighted by atomic mass is 10.0. The van der Waals surface area contributed by atoms with Crippen molar-refractivity contribution in [1.29, 1.82) is 0 Å². The second-order valence-electron chi connectivity index (χ2n) is 7.92. The van der Waals surface area contributed by atoms with Crippen molar-refractivity contribution in [2.75, 3.05) is 18.1 Å². The third-order valence-corrected chi connectivity index (χ3v) is 6.40. The first-order valence-electron chi connectivity index (χ1n) is 10.8. The van der Waals surface area contributed by atoms with Crippen LogP contribution in [0.25, 0.3) is 0 Å². The normalized spacial score (nSPS) is 16.5. The minimum absolute atomic E-state index is 0.0197. The molecule has 6 nitrogen and oxygen atoms in total. The Kier molecular flexibility index (Phi) is 7.29. The van der Waals surface area contributed by atoms with E-state index in [1.165, 1.54) is 11.3 Å². The predicted octanol–water partition coefficient (Wildman–Crippen LogP) is 4.06. The van der Waals surface area contributed by atoms with Gasteiger partial charge in [-0.2, -0.15) is 0 Å². The number of amides is 2. The minimum atomic E-state index is -0.811. The number of carbonyl (C=O) groups excluding carboxylic acids is 2. The molecular formula is C25H27N3O3S. The van der Waals surface area contributed by atoms with Crippen molar-refractivity contribution in [1.82, 2.24) is 10.3 Å². The average Bonchev–Trinajstić information content (AvgIpc) is 3.51. The zero-order valence-electron chi connectivity index (χ0n) is 18.1. The fourth-order valence-corrected chi connectivity index (χ4v) is 4.56. The summed E-state index contributed by atoms with van der Waals surface area (Å²) >= 11 is 1.53. The molecule has 1 aliphatic heterocycles. The van der Waals surface area contributed by atoms with Gasteiger partial charge < -0.3 is 10.1 Å². The molecule has 3 aromatic rings. The third-order valence-electron chi connectivity index (χ3n) is 5.53. The number of carbonyl (C=O) groups is 2. The van der Waals surface area contributed by atoms with Gasteiger partial charge in [-0.05, 0) is 48.9 Å². The summed E-state index contributed by atoms with van der Waals surface area (Å²) in [5, 5.41) is 4.97. The van der Waals surface area contributed by atoms with E-state index in [1.54, 1.807) is 23.4 Å². The number of benzene rings is 1. The van der Waals surface area contributed by atoms with Crippen molar-refractivity contribution >= 4 is 28.8 Å². The number of hydrogen-bond donors (Lipinski definition) is 1. The molecule has 1 N–H and O–H groups in total. The van der Waals surface area contributed by atoms with Crippen molar-refractivity contribution in [2.45, 2.75) is 38.3 Å². The highest BCUT2D eigenvalue weighted by molar-refractivity contribution is 7.10. The number of hydrogen-bond acceptors (Lipinski definition) is 5. The highest BCUT2D eigenvalue weighted by Crippen LogP contribution is 2.29. The lowest BCUT2D eigenvalue weighted by Crippen LogP contribution is -2.46. The highest BCUT2D eigenvalue weighted by Gasteiger charge is 2.33. The molecule has 0 spiro atoms. The molecule has 1 saturated heterocycles. The molecule has 3 heterocycles. The van der Waals surface area contributed by atoms with Gasteiger partial charge in [-0.1, -0.05) is 35.9 Å². The smallest absolute Gasteiger partial charge is 0.247 e. The van der Waals surface area contributed by atoms with Gasteiger partial charge in [0.1, 0.15) is 6.04 Å². The number of nitrogens with one attached hydrogen (secondary N) is 1. The Bertz CT molecular complexity index is 1020. The maximum absolute atomic E-state index is 13.6. The van der Waals surface area contributed by atoms with Crippen LogP contribution in [-0.4, -0.2) is 36.1 Å². The molecule has 2 aromatic heterocycles. The molecule has 7 heteroatoms. The van der Waals surface area contributed by atoms with Gasteiger partial charge in [-0.3, -0.25) is 19.5 Å². The quantitative estimate of drug-likeness (QED) is 0.563. The first-order chi connectivity index (χ1) is 15.6. The van der Waals surface area contributed by atoms with Crippen LogP contribution in [-0.2, 0) is 20.7 Å². The topological polar surface area (TPSA) is 71.5 Å². The maximum Gasteiger partial charge on any atom is 0.247 e. The molecule has 4 rings (SSSR count). The second-order valence-corrected chi connectivity index (χ2v) is 8.96. The summed E-state index contributed by atoms with van der Waals surface area (Å²) in [6.07, 6.45) is 5.45. The van der Waals surface area contributed by atoms with Crippen LogP contribution in [0.1, 0.15) is 34.9 Å². The van der Waals surface area contributed by atoms with Gasteiger partial charge in [0.15, 0.2) is 0 Å². The fraction of sp³-hybridized carbons (Fsp3) is 0.320. The van der Waals surface area contributed by atoms with Crippen molar-refractivity contribution in [3.05, 3.63) is 82.3 Å². The number of pyridine rings is 1. The molecule has 2 atom stereocenters. The molecule has 166 valence electrons. The van der Waals surface area contributed by atoms with E-state index >= 15 is 0 Å². The molecular weight excluding hydrogens is 422 g/mol. The summed E-state index contributed by atoms with van der Waals surface area (Å²) in [5.41, 5.74) is 2.43. The van der Waals surface area contributed by atoms with Crippen LogP contribution >= 0.6 is 11.3 Å². The van der Waals surface area contributed by atoms with Crippen molar-refractivity contribution < 1.29 is 14.3 Å². The van der Waals surface area contributed by atoms with Gasteiger partial charge >= 0.3 is 0 Å². The van der Waals surface area contributed by atoms with Crippen LogP contribution in [0.15, 0.2) is 66.3 Å². The van der Waals surface area contributed by atoms with E-state index < -0.39 is 6.04 Å². The molecule has 0 unspecified atom stereocenters. The summed E-state index contributed by atoms with van der Waals surface area (Å²) in [6, 6.07) is 14.4. The van der Waals surface area contributed by atoms with Crippen molar-refractivity contribution in [3.8, 4) is 0 Å². The standard InChI is InChI=1S/C25H27N3O3S/c1-18-8-10-19(11-9-18)24(25(30)27-17-21-6-3-13-31-21)28(20-5-2-12-26-16-20)23(29)15-22-7-4-14-32-22/h2,4-5,7-12,14,16,21,24H,3,6,13,15,17H2,1H3,(H,27,30)/t21-,24-/m0/s1. The molecule has 0 bridgehead atoms. The maximum atomic E-state index is 13.6. The Hall–Kier alpha value is -3.03. The summed E-state index contributed by atoms with van der Waals surface area (Å²) < 4.78 is 5.66. The average molecular weight is 450 g/mol.